The largest absolute Gasteiger partial charge is 0.508 e. The van der Waals surface area contributed by atoms with Crippen LogP contribution in [0.4, 0.5) is 5.82 Å². The van der Waals surface area contributed by atoms with Crippen molar-refractivity contribution in [3.63, 3.8) is 0 Å². The van der Waals surface area contributed by atoms with Gasteiger partial charge < -0.3 is 21.9 Å². The Bertz CT molecular complexity index is 755. The summed E-state index contributed by atoms with van der Waals surface area (Å²) in [4.78, 5) is 16.2. The molecule has 1 unspecified atom stereocenters. The number of amides is 1. The van der Waals surface area contributed by atoms with Crippen molar-refractivity contribution in [2.45, 2.75) is 25.2 Å². The van der Waals surface area contributed by atoms with Gasteiger partial charge in [-0.05, 0) is 48.6 Å². The summed E-state index contributed by atoms with van der Waals surface area (Å²) in [7, 11) is 0. The summed E-state index contributed by atoms with van der Waals surface area (Å²) in [5.41, 5.74) is 14.2. The third-order valence-electron chi connectivity index (χ3n) is 4.48. The van der Waals surface area contributed by atoms with Crippen LogP contribution in [0, 0.1) is 0 Å². The van der Waals surface area contributed by atoms with Crippen molar-refractivity contribution in [1.29, 1.82) is 0 Å². The minimum atomic E-state index is -0.547. The number of phenolic OH excluding ortho intramolecular Hbond substituents is 1. The Morgan fingerprint density at radius 2 is 2.17 bits per heavy atom. The highest BCUT2D eigenvalue weighted by molar-refractivity contribution is 5.99. The SMILES string of the molecule is NC(=O)c1c(C2CCCNC2)cc(Cc2ccccc2O)nc1N. The number of primary amides is 1. The molecule has 6 heteroatoms. The first kappa shape index (κ1) is 16.3. The van der Waals surface area contributed by atoms with E-state index in [1.807, 2.05) is 18.2 Å². The highest BCUT2D eigenvalue weighted by atomic mass is 16.3. The Morgan fingerprint density at radius 3 is 2.83 bits per heavy atom. The third kappa shape index (κ3) is 3.33. The second-order valence-corrected chi connectivity index (χ2v) is 6.18. The fourth-order valence-corrected chi connectivity index (χ4v) is 3.30. The summed E-state index contributed by atoms with van der Waals surface area (Å²) < 4.78 is 0. The van der Waals surface area contributed by atoms with Crippen molar-refractivity contribution in [2.75, 3.05) is 18.8 Å². The predicted octanol–water partition coefficient (Wildman–Crippen LogP) is 1.53. The Labute approximate surface area is 140 Å². The number of hydrogen-bond acceptors (Lipinski definition) is 5. The maximum atomic E-state index is 11.9. The van der Waals surface area contributed by atoms with E-state index in [-0.39, 0.29) is 17.5 Å². The molecule has 1 aliphatic heterocycles. The first-order chi connectivity index (χ1) is 11.6. The molecular formula is C18H22N4O2. The highest BCUT2D eigenvalue weighted by Gasteiger charge is 2.24. The molecule has 2 heterocycles. The average molecular weight is 326 g/mol. The van der Waals surface area contributed by atoms with Gasteiger partial charge in [0.1, 0.15) is 11.6 Å². The number of aromatic nitrogens is 1. The smallest absolute Gasteiger partial charge is 0.252 e. The summed E-state index contributed by atoms with van der Waals surface area (Å²) in [5, 5.41) is 13.3. The number of nitrogen functional groups attached to an aromatic ring is 1. The van der Waals surface area contributed by atoms with Crippen LogP contribution in [0.2, 0.25) is 0 Å². The maximum absolute atomic E-state index is 11.9. The number of nitrogens with two attached hydrogens (primary N) is 2. The van der Waals surface area contributed by atoms with Crippen molar-refractivity contribution in [3.8, 4) is 5.75 Å². The van der Waals surface area contributed by atoms with Crippen molar-refractivity contribution < 1.29 is 9.90 Å². The summed E-state index contributed by atoms with van der Waals surface area (Å²) in [6, 6.07) is 9.03. The fraction of sp³-hybridized carbons (Fsp3) is 0.333. The molecule has 3 rings (SSSR count). The van der Waals surface area contributed by atoms with Crippen LogP contribution in [0.5, 0.6) is 5.75 Å². The molecule has 1 aromatic heterocycles. The molecule has 0 radical (unpaired) electrons. The van der Waals surface area contributed by atoms with E-state index in [1.165, 1.54) is 0 Å². The van der Waals surface area contributed by atoms with Crippen LogP contribution in [0.15, 0.2) is 30.3 Å². The van der Waals surface area contributed by atoms with Crippen molar-refractivity contribution in [2.24, 2.45) is 5.73 Å². The number of piperidine rings is 1. The monoisotopic (exact) mass is 326 g/mol. The minimum absolute atomic E-state index is 0.163. The Hall–Kier alpha value is -2.60. The number of para-hydroxylation sites is 1. The van der Waals surface area contributed by atoms with Gasteiger partial charge in [0.15, 0.2) is 0 Å². The Morgan fingerprint density at radius 1 is 1.38 bits per heavy atom. The second kappa shape index (κ2) is 6.88. The van der Waals surface area contributed by atoms with Crippen LogP contribution in [0.3, 0.4) is 0 Å². The van der Waals surface area contributed by atoms with Crippen LogP contribution in [0.1, 0.15) is 45.9 Å². The molecule has 1 atom stereocenters. The summed E-state index contributed by atoms with van der Waals surface area (Å²) >= 11 is 0. The third-order valence-corrected chi connectivity index (χ3v) is 4.48. The molecule has 0 saturated carbocycles. The number of benzene rings is 1. The van der Waals surface area contributed by atoms with Gasteiger partial charge in [0.05, 0.1) is 5.56 Å². The molecule has 1 aliphatic rings. The van der Waals surface area contributed by atoms with Gasteiger partial charge in [0, 0.05) is 18.7 Å². The van der Waals surface area contributed by atoms with Gasteiger partial charge in [-0.15, -0.1) is 0 Å². The van der Waals surface area contributed by atoms with Crippen LogP contribution in [-0.4, -0.2) is 29.1 Å². The van der Waals surface area contributed by atoms with Gasteiger partial charge in [0.2, 0.25) is 0 Å². The number of aromatic hydroxyl groups is 1. The lowest BCUT2D eigenvalue weighted by Crippen LogP contribution is -2.30. The number of nitrogens with one attached hydrogen (secondary N) is 1. The lowest BCUT2D eigenvalue weighted by atomic mass is 9.87. The van der Waals surface area contributed by atoms with Gasteiger partial charge in [-0.3, -0.25) is 4.79 Å². The number of pyridine rings is 1. The zero-order valence-corrected chi connectivity index (χ0v) is 13.5. The van der Waals surface area contributed by atoms with Crippen LogP contribution >= 0.6 is 0 Å². The van der Waals surface area contributed by atoms with Crippen LogP contribution < -0.4 is 16.8 Å². The second-order valence-electron chi connectivity index (χ2n) is 6.18. The molecule has 0 spiro atoms. The maximum Gasteiger partial charge on any atom is 0.252 e. The summed E-state index contributed by atoms with van der Waals surface area (Å²) in [6.07, 6.45) is 2.47. The molecule has 1 saturated heterocycles. The zero-order valence-electron chi connectivity index (χ0n) is 13.5. The van der Waals surface area contributed by atoms with Gasteiger partial charge >= 0.3 is 0 Å². The average Bonchev–Trinajstić information content (AvgIpc) is 2.57. The lowest BCUT2D eigenvalue weighted by Gasteiger charge is -2.25. The van der Waals surface area contributed by atoms with Crippen molar-refractivity contribution in [3.05, 3.63) is 52.7 Å². The van der Waals surface area contributed by atoms with E-state index in [4.69, 9.17) is 11.5 Å². The molecule has 0 bridgehead atoms. The number of rotatable bonds is 4. The van der Waals surface area contributed by atoms with Gasteiger partial charge in [-0.2, -0.15) is 0 Å². The number of carbonyl (C=O) groups excluding carboxylic acids is 1. The molecule has 0 aliphatic carbocycles. The fourth-order valence-electron chi connectivity index (χ4n) is 3.30. The van der Waals surface area contributed by atoms with E-state index in [0.717, 1.165) is 42.8 Å². The standard InChI is InChI=1S/C18H22N4O2/c19-17-16(18(20)24)14(12-5-3-7-21-10-12)9-13(22-17)8-11-4-1-2-6-15(11)23/h1-2,4,6,9,12,21,23H,3,5,7-8,10H2,(H2,19,22)(H2,20,24). The van der Waals surface area contributed by atoms with Gasteiger partial charge in [-0.1, -0.05) is 18.2 Å². The molecule has 24 heavy (non-hydrogen) atoms. The molecule has 1 amide bonds. The lowest BCUT2D eigenvalue weighted by molar-refractivity contribution is 0.0999. The first-order valence-corrected chi connectivity index (χ1v) is 8.13. The minimum Gasteiger partial charge on any atom is -0.508 e. The number of hydrogen-bond donors (Lipinski definition) is 4. The number of phenols is 1. The summed E-state index contributed by atoms with van der Waals surface area (Å²) in [5.74, 6) is 0.0260. The highest BCUT2D eigenvalue weighted by Crippen LogP contribution is 2.30. The molecule has 2 aromatic rings. The molecule has 126 valence electrons. The van der Waals surface area contributed by atoms with Crippen molar-refractivity contribution in [1.82, 2.24) is 10.3 Å². The topological polar surface area (TPSA) is 114 Å². The van der Waals surface area contributed by atoms with E-state index in [0.29, 0.717) is 12.0 Å². The molecule has 6 nitrogen and oxygen atoms in total. The van der Waals surface area contributed by atoms with Gasteiger partial charge in [-0.25, -0.2) is 4.98 Å². The normalized spacial score (nSPS) is 17.6. The summed E-state index contributed by atoms with van der Waals surface area (Å²) in [6.45, 7) is 1.77. The Kier molecular flexibility index (Phi) is 4.66. The molecule has 1 fully saturated rings. The van der Waals surface area contributed by atoms with Gasteiger partial charge in [0.25, 0.3) is 5.91 Å². The van der Waals surface area contributed by atoms with Crippen molar-refractivity contribution >= 4 is 11.7 Å². The molecule has 1 aromatic carbocycles. The zero-order chi connectivity index (χ0) is 17.1. The first-order valence-electron chi connectivity index (χ1n) is 8.13. The van der Waals surface area contributed by atoms with E-state index in [1.54, 1.807) is 12.1 Å². The van der Waals surface area contributed by atoms with Crippen LogP contribution in [0.25, 0.3) is 0 Å². The molecular weight excluding hydrogens is 304 g/mol. The van der Waals surface area contributed by atoms with E-state index in [9.17, 15) is 9.90 Å². The predicted molar refractivity (Wildman–Crippen MR) is 92.9 cm³/mol. The number of carbonyl (C=O) groups is 1. The van der Waals surface area contributed by atoms with E-state index in [2.05, 4.69) is 10.3 Å². The van der Waals surface area contributed by atoms with E-state index < -0.39 is 5.91 Å². The van der Waals surface area contributed by atoms with Crippen LogP contribution in [-0.2, 0) is 6.42 Å². The van der Waals surface area contributed by atoms with E-state index >= 15 is 0 Å². The number of anilines is 1. The Balaban J connectivity index is 2.00. The quantitative estimate of drug-likeness (QED) is 0.680. The number of nitrogens with zero attached hydrogens (tertiary/aromatic N) is 1. The molecule has 6 N–H and O–H groups in total.